The van der Waals surface area contributed by atoms with Crippen molar-refractivity contribution < 1.29 is 4.79 Å². The molecule has 1 saturated heterocycles. The number of thioether (sulfide) groups is 1. The van der Waals surface area contributed by atoms with Gasteiger partial charge in [0.05, 0.1) is 4.91 Å². The molecular weight excluding hydrogens is 298 g/mol. The molecule has 0 spiro atoms. The smallest absolute Gasteiger partial charge is 0.260 e. The highest BCUT2D eigenvalue weighted by Crippen LogP contribution is 2.43. The van der Waals surface area contributed by atoms with E-state index in [9.17, 15) is 4.79 Å². The molecule has 0 N–H and O–H groups in total. The first-order chi connectivity index (χ1) is 10.3. The fourth-order valence-electron chi connectivity index (χ4n) is 3.61. The first-order valence-corrected chi connectivity index (χ1v) is 9.90. The fraction of sp³-hybridized carbons (Fsp3) is 0.588. The van der Waals surface area contributed by atoms with Crippen molar-refractivity contribution in [2.24, 2.45) is 0 Å². The first kappa shape index (κ1) is 13.9. The zero-order valence-electron chi connectivity index (χ0n) is 12.3. The van der Waals surface area contributed by atoms with Gasteiger partial charge < -0.3 is 4.90 Å². The van der Waals surface area contributed by atoms with Gasteiger partial charge in [0.2, 0.25) is 0 Å². The maximum atomic E-state index is 12.6. The van der Waals surface area contributed by atoms with Crippen molar-refractivity contribution in [1.29, 1.82) is 0 Å². The number of fused-ring (bicyclic) bond motifs is 3. The van der Waals surface area contributed by atoms with E-state index in [1.54, 1.807) is 22.2 Å². The molecule has 1 aromatic rings. The normalized spacial score (nSPS) is 21.5. The second-order valence-corrected chi connectivity index (χ2v) is 8.36. The number of carbonyl (C=O) groups is 1. The van der Waals surface area contributed by atoms with Crippen LogP contribution in [0, 0.1) is 0 Å². The summed E-state index contributed by atoms with van der Waals surface area (Å²) in [7, 11) is 0. The van der Waals surface area contributed by atoms with Crippen LogP contribution in [0.15, 0.2) is 4.91 Å². The molecule has 0 aromatic carbocycles. The summed E-state index contributed by atoms with van der Waals surface area (Å²) >= 11 is 3.71. The third-order valence-electron chi connectivity index (χ3n) is 4.80. The Kier molecular flexibility index (Phi) is 3.84. The Labute approximate surface area is 134 Å². The van der Waals surface area contributed by atoms with E-state index in [0.29, 0.717) is 0 Å². The van der Waals surface area contributed by atoms with Crippen molar-refractivity contribution in [2.45, 2.75) is 50.7 Å². The minimum Gasteiger partial charge on any atom is -0.338 e. The molecule has 112 valence electrons. The number of thiophene rings is 1. The third-order valence-corrected chi connectivity index (χ3v) is 7.12. The van der Waals surface area contributed by atoms with Gasteiger partial charge >= 0.3 is 0 Å². The van der Waals surface area contributed by atoms with Gasteiger partial charge in [-0.2, -0.15) is 0 Å². The first-order valence-electron chi connectivity index (χ1n) is 8.10. The Balaban J connectivity index is 1.60. The zero-order chi connectivity index (χ0) is 14.2. The van der Waals surface area contributed by atoms with E-state index in [2.05, 4.69) is 11.0 Å². The van der Waals surface area contributed by atoms with Crippen LogP contribution in [0.5, 0.6) is 0 Å². The van der Waals surface area contributed by atoms with Crippen molar-refractivity contribution in [1.82, 2.24) is 4.90 Å². The molecule has 0 saturated carbocycles. The van der Waals surface area contributed by atoms with Crippen molar-refractivity contribution in [3.05, 3.63) is 25.8 Å². The SMILES string of the molecule is O=C(C1=Cc2sc3c(c2CS1)CCCC3)N1CCCCC1. The highest BCUT2D eigenvalue weighted by Gasteiger charge is 2.27. The van der Waals surface area contributed by atoms with Gasteiger partial charge in [-0.3, -0.25) is 4.79 Å². The van der Waals surface area contributed by atoms with Crippen LogP contribution < -0.4 is 0 Å². The number of likely N-dealkylation sites (tertiary alicyclic amines) is 1. The Morgan fingerprint density at radius 2 is 1.81 bits per heavy atom. The highest BCUT2D eigenvalue weighted by molar-refractivity contribution is 8.03. The van der Waals surface area contributed by atoms with E-state index >= 15 is 0 Å². The van der Waals surface area contributed by atoms with Gasteiger partial charge in [0.15, 0.2) is 0 Å². The van der Waals surface area contributed by atoms with Crippen LogP contribution in [0.25, 0.3) is 6.08 Å². The summed E-state index contributed by atoms with van der Waals surface area (Å²) in [6.45, 7) is 1.90. The monoisotopic (exact) mass is 319 g/mol. The molecule has 0 unspecified atom stereocenters. The molecule has 3 aliphatic rings. The molecule has 2 aliphatic heterocycles. The number of hydrogen-bond donors (Lipinski definition) is 0. The average molecular weight is 319 g/mol. The quantitative estimate of drug-likeness (QED) is 0.772. The second kappa shape index (κ2) is 5.81. The molecule has 0 bridgehead atoms. The lowest BCUT2D eigenvalue weighted by atomic mass is 9.95. The number of rotatable bonds is 1. The van der Waals surface area contributed by atoms with Crippen molar-refractivity contribution in [2.75, 3.05) is 13.1 Å². The van der Waals surface area contributed by atoms with Gasteiger partial charge in [-0.15, -0.1) is 23.1 Å². The van der Waals surface area contributed by atoms with Crippen molar-refractivity contribution in [3.8, 4) is 0 Å². The molecular formula is C17H21NOS2. The van der Waals surface area contributed by atoms with Gasteiger partial charge in [0.1, 0.15) is 0 Å². The van der Waals surface area contributed by atoms with Crippen LogP contribution in [0.2, 0.25) is 0 Å². The second-order valence-electron chi connectivity index (χ2n) is 6.20. The lowest BCUT2D eigenvalue weighted by Crippen LogP contribution is -2.36. The van der Waals surface area contributed by atoms with Gasteiger partial charge in [-0.05, 0) is 62.1 Å². The highest BCUT2D eigenvalue weighted by atomic mass is 32.2. The van der Waals surface area contributed by atoms with Crippen LogP contribution in [0.4, 0.5) is 0 Å². The summed E-state index contributed by atoms with van der Waals surface area (Å²) in [5, 5.41) is 0. The Morgan fingerprint density at radius 3 is 2.67 bits per heavy atom. The standard InChI is InChI=1S/C17H21NOS2/c19-17(18-8-4-1-5-9-18)16-10-15-13(11-20-16)12-6-2-3-7-14(12)21-15/h10H,1-9,11H2. The summed E-state index contributed by atoms with van der Waals surface area (Å²) in [6, 6.07) is 0. The minimum absolute atomic E-state index is 0.275. The number of aryl methyl sites for hydroxylation is 1. The lowest BCUT2D eigenvalue weighted by molar-refractivity contribution is -0.127. The van der Waals surface area contributed by atoms with Crippen LogP contribution in [0.1, 0.15) is 53.0 Å². The summed E-state index contributed by atoms with van der Waals surface area (Å²) in [4.78, 5) is 18.6. The Hall–Kier alpha value is -0.740. The van der Waals surface area contributed by atoms with E-state index < -0.39 is 0 Å². The van der Waals surface area contributed by atoms with Crippen molar-refractivity contribution in [3.63, 3.8) is 0 Å². The minimum atomic E-state index is 0.275. The molecule has 0 atom stereocenters. The maximum Gasteiger partial charge on any atom is 0.260 e. The lowest BCUT2D eigenvalue weighted by Gasteiger charge is -2.28. The van der Waals surface area contributed by atoms with Crippen molar-refractivity contribution >= 4 is 35.1 Å². The van der Waals surface area contributed by atoms with Crippen LogP contribution in [0.3, 0.4) is 0 Å². The third kappa shape index (κ3) is 2.57. The number of nitrogens with zero attached hydrogens (tertiary/aromatic N) is 1. The van der Waals surface area contributed by atoms with E-state index in [-0.39, 0.29) is 5.91 Å². The Morgan fingerprint density at radius 1 is 1.00 bits per heavy atom. The summed E-state index contributed by atoms with van der Waals surface area (Å²) in [5.74, 6) is 1.28. The van der Waals surface area contributed by atoms with Crippen LogP contribution in [-0.4, -0.2) is 23.9 Å². The van der Waals surface area contributed by atoms with Gasteiger partial charge in [-0.25, -0.2) is 0 Å². The van der Waals surface area contributed by atoms with Gasteiger partial charge in [0, 0.05) is 28.6 Å². The molecule has 1 fully saturated rings. The molecule has 0 radical (unpaired) electrons. The Bertz CT molecular complexity index is 596. The number of hydrogen-bond acceptors (Lipinski definition) is 3. The number of carbonyl (C=O) groups excluding carboxylic acids is 1. The average Bonchev–Trinajstić information content (AvgIpc) is 2.92. The van der Waals surface area contributed by atoms with Crippen LogP contribution in [-0.2, 0) is 23.4 Å². The molecule has 1 amide bonds. The molecule has 2 nitrogen and oxygen atoms in total. The summed E-state index contributed by atoms with van der Waals surface area (Å²) in [5.41, 5.74) is 3.16. The zero-order valence-corrected chi connectivity index (χ0v) is 14.0. The maximum absolute atomic E-state index is 12.6. The van der Waals surface area contributed by atoms with E-state index in [0.717, 1.165) is 23.7 Å². The topological polar surface area (TPSA) is 20.3 Å². The molecule has 3 heterocycles. The van der Waals surface area contributed by atoms with E-state index in [4.69, 9.17) is 0 Å². The fourth-order valence-corrected chi connectivity index (χ4v) is 6.22. The summed E-state index contributed by atoms with van der Waals surface area (Å²) in [6.07, 6.45) is 11.0. The van der Waals surface area contributed by atoms with Crippen LogP contribution >= 0.6 is 23.1 Å². The van der Waals surface area contributed by atoms with Gasteiger partial charge in [0.25, 0.3) is 5.91 Å². The molecule has 4 rings (SSSR count). The predicted octanol–water partition coefficient (Wildman–Crippen LogP) is 4.23. The largest absolute Gasteiger partial charge is 0.338 e. The van der Waals surface area contributed by atoms with Gasteiger partial charge in [-0.1, -0.05) is 0 Å². The number of amides is 1. The summed E-state index contributed by atoms with van der Waals surface area (Å²) < 4.78 is 0. The molecule has 1 aliphatic carbocycles. The molecule has 1 aromatic heterocycles. The van der Waals surface area contributed by atoms with E-state index in [1.807, 2.05) is 11.3 Å². The molecule has 21 heavy (non-hydrogen) atoms. The molecule has 4 heteroatoms. The predicted molar refractivity (Wildman–Crippen MR) is 90.7 cm³/mol. The van der Waals surface area contributed by atoms with E-state index in [1.165, 1.54) is 55.4 Å². The number of piperidine rings is 1.